The molecular formula is C16H24F3N3O2. The van der Waals surface area contributed by atoms with E-state index in [9.17, 15) is 18.3 Å². The van der Waals surface area contributed by atoms with Gasteiger partial charge < -0.3 is 20.9 Å². The summed E-state index contributed by atoms with van der Waals surface area (Å²) < 4.78 is 42.5. The van der Waals surface area contributed by atoms with Gasteiger partial charge in [0.1, 0.15) is 18.5 Å². The monoisotopic (exact) mass is 347 g/mol. The summed E-state index contributed by atoms with van der Waals surface area (Å²) in [6.07, 6.45) is -4.33. The van der Waals surface area contributed by atoms with Crippen molar-refractivity contribution in [1.29, 1.82) is 0 Å². The molecule has 0 radical (unpaired) electrons. The van der Waals surface area contributed by atoms with Gasteiger partial charge in [-0.05, 0) is 36.6 Å². The highest BCUT2D eigenvalue weighted by Crippen LogP contribution is 2.30. The lowest BCUT2D eigenvalue weighted by atomic mass is 10.1. The second kappa shape index (κ2) is 9.36. The first kappa shape index (κ1) is 20.1. The SMILES string of the molecule is CC(C)CCNC(N)=NCC(O)COc1ccc(C(F)(F)F)cc1. The van der Waals surface area contributed by atoms with Crippen LogP contribution >= 0.6 is 0 Å². The topological polar surface area (TPSA) is 79.9 Å². The Labute approximate surface area is 139 Å². The first-order valence-electron chi connectivity index (χ1n) is 7.70. The molecule has 0 aliphatic heterocycles. The maximum absolute atomic E-state index is 12.4. The Morgan fingerprint density at radius 2 is 1.92 bits per heavy atom. The molecule has 0 aliphatic carbocycles. The molecule has 0 heterocycles. The second-order valence-electron chi connectivity index (χ2n) is 5.82. The minimum absolute atomic E-state index is 0.0428. The highest BCUT2D eigenvalue weighted by molar-refractivity contribution is 5.77. The molecule has 0 aromatic heterocycles. The van der Waals surface area contributed by atoms with E-state index in [0.29, 0.717) is 12.5 Å². The van der Waals surface area contributed by atoms with E-state index >= 15 is 0 Å². The highest BCUT2D eigenvalue weighted by atomic mass is 19.4. The summed E-state index contributed by atoms with van der Waals surface area (Å²) in [7, 11) is 0. The number of guanidine groups is 1. The zero-order valence-corrected chi connectivity index (χ0v) is 13.8. The number of aliphatic hydroxyl groups is 1. The van der Waals surface area contributed by atoms with Gasteiger partial charge in [0.25, 0.3) is 0 Å². The molecular weight excluding hydrogens is 323 g/mol. The molecule has 0 saturated carbocycles. The lowest BCUT2D eigenvalue weighted by Crippen LogP contribution is -2.34. The Morgan fingerprint density at radius 1 is 1.29 bits per heavy atom. The molecule has 5 nitrogen and oxygen atoms in total. The number of rotatable bonds is 8. The van der Waals surface area contributed by atoms with E-state index in [2.05, 4.69) is 24.2 Å². The maximum Gasteiger partial charge on any atom is 0.416 e. The number of hydrogen-bond acceptors (Lipinski definition) is 3. The van der Waals surface area contributed by atoms with E-state index in [-0.39, 0.29) is 24.9 Å². The number of nitrogens with two attached hydrogens (primary N) is 1. The molecule has 1 rings (SSSR count). The molecule has 0 saturated heterocycles. The molecule has 4 N–H and O–H groups in total. The molecule has 8 heteroatoms. The van der Waals surface area contributed by atoms with Crippen LogP contribution in [0.3, 0.4) is 0 Å². The van der Waals surface area contributed by atoms with Crippen LogP contribution in [0.15, 0.2) is 29.3 Å². The average molecular weight is 347 g/mol. The van der Waals surface area contributed by atoms with Crippen LogP contribution in [0, 0.1) is 5.92 Å². The van der Waals surface area contributed by atoms with Crippen molar-refractivity contribution in [2.75, 3.05) is 19.7 Å². The number of halogens is 3. The largest absolute Gasteiger partial charge is 0.491 e. The normalized spacial score (nSPS) is 13.9. The standard InChI is InChI=1S/C16H24F3N3O2/c1-11(2)7-8-21-15(20)22-9-13(23)10-24-14-5-3-12(4-6-14)16(17,18)19/h3-6,11,13,23H,7-10H2,1-2H3,(H3,20,21,22). The van der Waals surface area contributed by atoms with Gasteiger partial charge in [-0.25, -0.2) is 0 Å². The minimum Gasteiger partial charge on any atom is -0.491 e. The van der Waals surface area contributed by atoms with Gasteiger partial charge in [0.2, 0.25) is 0 Å². The van der Waals surface area contributed by atoms with E-state index in [0.717, 1.165) is 18.6 Å². The fraction of sp³-hybridized carbons (Fsp3) is 0.562. The third kappa shape index (κ3) is 8.05. The van der Waals surface area contributed by atoms with Gasteiger partial charge >= 0.3 is 6.18 Å². The average Bonchev–Trinajstić information content (AvgIpc) is 2.50. The summed E-state index contributed by atoms with van der Waals surface area (Å²) in [6.45, 7) is 4.84. The summed E-state index contributed by atoms with van der Waals surface area (Å²) in [5.41, 5.74) is 4.90. The van der Waals surface area contributed by atoms with Gasteiger partial charge in [-0.3, -0.25) is 4.99 Å². The Balaban J connectivity index is 2.34. The smallest absolute Gasteiger partial charge is 0.416 e. The van der Waals surface area contributed by atoms with Crippen LogP contribution in [0.2, 0.25) is 0 Å². The van der Waals surface area contributed by atoms with E-state index in [1.54, 1.807) is 0 Å². The molecule has 1 atom stereocenters. The molecule has 0 bridgehead atoms. The molecule has 1 aromatic rings. The minimum atomic E-state index is -4.38. The van der Waals surface area contributed by atoms with Crippen LogP contribution in [0.1, 0.15) is 25.8 Å². The predicted molar refractivity (Wildman–Crippen MR) is 86.9 cm³/mol. The van der Waals surface area contributed by atoms with Crippen LogP contribution in [-0.4, -0.2) is 36.9 Å². The zero-order valence-electron chi connectivity index (χ0n) is 13.8. The van der Waals surface area contributed by atoms with Gasteiger partial charge in [-0.1, -0.05) is 13.8 Å². The number of alkyl halides is 3. The van der Waals surface area contributed by atoms with Gasteiger partial charge in [-0.15, -0.1) is 0 Å². The Hall–Kier alpha value is -1.96. The number of aliphatic imine (C=N–C) groups is 1. The second-order valence-corrected chi connectivity index (χ2v) is 5.82. The van der Waals surface area contributed by atoms with Gasteiger partial charge in [0, 0.05) is 6.54 Å². The third-order valence-electron chi connectivity index (χ3n) is 3.12. The number of nitrogens with zero attached hydrogens (tertiary/aromatic N) is 1. The van der Waals surface area contributed by atoms with Crippen molar-refractivity contribution >= 4 is 5.96 Å². The van der Waals surface area contributed by atoms with Crippen molar-refractivity contribution in [3.8, 4) is 5.75 Å². The van der Waals surface area contributed by atoms with Crippen LogP contribution < -0.4 is 15.8 Å². The van der Waals surface area contributed by atoms with Gasteiger partial charge in [-0.2, -0.15) is 13.2 Å². The summed E-state index contributed by atoms with van der Waals surface area (Å²) in [6, 6.07) is 4.27. The molecule has 0 amide bonds. The summed E-state index contributed by atoms with van der Waals surface area (Å²) in [5, 5.41) is 12.7. The highest BCUT2D eigenvalue weighted by Gasteiger charge is 2.30. The maximum atomic E-state index is 12.4. The lowest BCUT2D eigenvalue weighted by Gasteiger charge is -2.12. The molecule has 0 aliphatic rings. The number of nitrogens with one attached hydrogen (secondary N) is 1. The molecule has 24 heavy (non-hydrogen) atoms. The number of aliphatic hydroxyl groups excluding tert-OH is 1. The van der Waals surface area contributed by atoms with Gasteiger partial charge in [0.05, 0.1) is 12.1 Å². The van der Waals surface area contributed by atoms with Crippen molar-refractivity contribution in [2.45, 2.75) is 32.5 Å². The van der Waals surface area contributed by atoms with E-state index < -0.39 is 17.8 Å². The number of benzene rings is 1. The first-order valence-corrected chi connectivity index (χ1v) is 7.70. The lowest BCUT2D eigenvalue weighted by molar-refractivity contribution is -0.137. The quantitative estimate of drug-likeness (QED) is 0.498. The van der Waals surface area contributed by atoms with Gasteiger partial charge in [0.15, 0.2) is 5.96 Å². The fourth-order valence-electron chi connectivity index (χ4n) is 1.73. The van der Waals surface area contributed by atoms with E-state index in [4.69, 9.17) is 10.5 Å². The van der Waals surface area contributed by atoms with E-state index in [1.807, 2.05) is 0 Å². The molecule has 1 unspecified atom stereocenters. The molecule has 136 valence electrons. The summed E-state index contributed by atoms with van der Waals surface area (Å²) in [5.74, 6) is 1.03. The van der Waals surface area contributed by atoms with Crippen LogP contribution in [0.5, 0.6) is 5.75 Å². The Bertz CT molecular complexity index is 516. The van der Waals surface area contributed by atoms with E-state index in [1.165, 1.54) is 12.1 Å². The zero-order chi connectivity index (χ0) is 18.2. The third-order valence-corrected chi connectivity index (χ3v) is 3.12. The van der Waals surface area contributed by atoms with Crippen molar-refractivity contribution in [2.24, 2.45) is 16.6 Å². The molecule has 0 spiro atoms. The van der Waals surface area contributed by atoms with Crippen molar-refractivity contribution in [3.05, 3.63) is 29.8 Å². The van der Waals surface area contributed by atoms with Crippen molar-refractivity contribution < 1.29 is 23.0 Å². The van der Waals surface area contributed by atoms with Crippen molar-refractivity contribution in [1.82, 2.24) is 5.32 Å². The molecule has 0 fully saturated rings. The predicted octanol–water partition coefficient (Wildman–Crippen LogP) is 2.40. The van der Waals surface area contributed by atoms with Crippen molar-refractivity contribution in [3.63, 3.8) is 0 Å². The summed E-state index contributed by atoms with van der Waals surface area (Å²) >= 11 is 0. The number of hydrogen-bond donors (Lipinski definition) is 3. The first-order chi connectivity index (χ1) is 11.2. The molecule has 1 aromatic carbocycles. The van der Waals surface area contributed by atoms with Crippen LogP contribution in [-0.2, 0) is 6.18 Å². The number of ether oxygens (including phenoxy) is 1. The fourth-order valence-corrected chi connectivity index (χ4v) is 1.73. The Kier molecular flexibility index (Phi) is 7.84. The van der Waals surface area contributed by atoms with Crippen LogP contribution in [0.4, 0.5) is 13.2 Å². The van der Waals surface area contributed by atoms with Crippen LogP contribution in [0.25, 0.3) is 0 Å². The summed E-state index contributed by atoms with van der Waals surface area (Å²) in [4.78, 5) is 3.98. The Morgan fingerprint density at radius 3 is 2.46 bits per heavy atom.